The lowest BCUT2D eigenvalue weighted by atomic mass is 10.1. The van der Waals surface area contributed by atoms with Crippen LogP contribution in [-0.2, 0) is 9.59 Å². The molecule has 0 aromatic heterocycles. The van der Waals surface area contributed by atoms with E-state index in [1.54, 1.807) is 67.8 Å². The summed E-state index contributed by atoms with van der Waals surface area (Å²) in [5.41, 5.74) is -0.295. The maximum absolute atomic E-state index is 11.9. The highest BCUT2D eigenvalue weighted by atomic mass is 127. The van der Waals surface area contributed by atoms with E-state index >= 15 is 0 Å². The van der Waals surface area contributed by atoms with Gasteiger partial charge in [-0.25, -0.2) is 9.59 Å². The van der Waals surface area contributed by atoms with E-state index in [2.05, 4.69) is 5.32 Å². The van der Waals surface area contributed by atoms with Gasteiger partial charge in [0, 0.05) is 16.4 Å². The first-order chi connectivity index (χ1) is 11.1. The van der Waals surface area contributed by atoms with E-state index < -0.39 is 23.8 Å². The van der Waals surface area contributed by atoms with Crippen molar-refractivity contribution in [2.75, 3.05) is 5.32 Å². The molecule has 1 rings (SSSR count). The lowest BCUT2D eigenvalue weighted by Gasteiger charge is -2.16. The standard InChI is InChI=1S/C13H10I3NO7/c14-8-6(12(21)22)9(15)11(10(16)7(8)13(23)24)17-4(18)2-1-3-5(19)20/h1-3H2,(H,17,18)(H,19,20)(H,21,22)(H,23,24). The molecule has 0 radical (unpaired) electrons. The Kier molecular flexibility index (Phi) is 8.10. The van der Waals surface area contributed by atoms with Gasteiger partial charge in [-0.2, -0.15) is 0 Å². The highest BCUT2D eigenvalue weighted by molar-refractivity contribution is 14.1. The molecular weight excluding hydrogens is 663 g/mol. The number of carboxylic acids is 3. The molecule has 1 aromatic rings. The molecule has 0 unspecified atom stereocenters. The summed E-state index contributed by atoms with van der Waals surface area (Å²) in [6.45, 7) is 0. The van der Waals surface area contributed by atoms with Crippen LogP contribution in [0, 0.1) is 10.7 Å². The van der Waals surface area contributed by atoms with E-state index in [1.807, 2.05) is 0 Å². The molecule has 11 heteroatoms. The third-order valence-electron chi connectivity index (χ3n) is 2.80. The molecule has 0 atom stereocenters. The Hall–Kier alpha value is -0.710. The Balaban J connectivity index is 3.27. The Morgan fingerprint density at radius 3 is 1.62 bits per heavy atom. The molecule has 0 fully saturated rings. The summed E-state index contributed by atoms with van der Waals surface area (Å²) in [4.78, 5) is 45.3. The molecular formula is C13H10I3NO7. The van der Waals surface area contributed by atoms with Crippen LogP contribution in [0.5, 0.6) is 0 Å². The summed E-state index contributed by atoms with van der Waals surface area (Å²) in [6.07, 6.45) is -0.124. The summed E-state index contributed by atoms with van der Waals surface area (Å²) in [6, 6.07) is 0. The van der Waals surface area contributed by atoms with E-state index in [1.165, 1.54) is 0 Å². The molecule has 0 aliphatic rings. The fraction of sp³-hybridized carbons (Fsp3) is 0.231. The smallest absolute Gasteiger partial charge is 0.337 e. The minimum absolute atomic E-state index is 0.0742. The fourth-order valence-corrected chi connectivity index (χ4v) is 6.11. The van der Waals surface area contributed by atoms with Crippen molar-refractivity contribution in [3.05, 3.63) is 21.8 Å². The van der Waals surface area contributed by atoms with E-state index in [4.69, 9.17) is 5.11 Å². The van der Waals surface area contributed by atoms with Gasteiger partial charge in [-0.1, -0.05) is 0 Å². The molecule has 0 aliphatic heterocycles. The lowest BCUT2D eigenvalue weighted by Crippen LogP contribution is -2.19. The van der Waals surface area contributed by atoms with E-state index in [-0.39, 0.29) is 46.8 Å². The van der Waals surface area contributed by atoms with Crippen LogP contribution in [-0.4, -0.2) is 39.1 Å². The molecule has 0 spiro atoms. The lowest BCUT2D eigenvalue weighted by molar-refractivity contribution is -0.137. The maximum Gasteiger partial charge on any atom is 0.337 e. The summed E-state index contributed by atoms with van der Waals surface area (Å²) >= 11 is 5.13. The molecule has 0 bridgehead atoms. The Bertz CT molecular complexity index is 692. The van der Waals surface area contributed by atoms with Gasteiger partial charge in [0.25, 0.3) is 0 Å². The normalized spacial score (nSPS) is 10.3. The number of halogens is 3. The SMILES string of the molecule is O=C(O)CCCC(=O)Nc1c(I)c(C(=O)O)c(I)c(C(=O)O)c1I. The number of hydrogen-bond donors (Lipinski definition) is 4. The zero-order valence-electron chi connectivity index (χ0n) is 11.7. The molecule has 1 amide bonds. The van der Waals surface area contributed by atoms with Crippen molar-refractivity contribution in [3.63, 3.8) is 0 Å². The summed E-state index contributed by atoms with van der Waals surface area (Å²) in [5, 5.41) is 29.7. The van der Waals surface area contributed by atoms with Crippen LogP contribution in [0.1, 0.15) is 40.0 Å². The first kappa shape index (κ1) is 21.3. The number of carbonyl (C=O) groups excluding carboxylic acids is 1. The molecule has 130 valence electrons. The Morgan fingerprint density at radius 2 is 1.25 bits per heavy atom. The Labute approximate surface area is 176 Å². The van der Waals surface area contributed by atoms with Gasteiger partial charge >= 0.3 is 17.9 Å². The van der Waals surface area contributed by atoms with Gasteiger partial charge in [0.2, 0.25) is 5.91 Å². The topological polar surface area (TPSA) is 141 Å². The molecule has 4 N–H and O–H groups in total. The number of benzene rings is 1. The number of aliphatic carboxylic acids is 1. The van der Waals surface area contributed by atoms with Crippen LogP contribution in [0.4, 0.5) is 5.69 Å². The second-order valence-corrected chi connectivity index (χ2v) is 7.71. The maximum atomic E-state index is 11.9. The third kappa shape index (κ3) is 5.14. The minimum Gasteiger partial charge on any atom is -0.481 e. The molecule has 1 aromatic carbocycles. The van der Waals surface area contributed by atoms with Crippen molar-refractivity contribution in [1.82, 2.24) is 0 Å². The predicted molar refractivity (Wildman–Crippen MR) is 109 cm³/mol. The molecule has 0 heterocycles. The van der Waals surface area contributed by atoms with Crippen molar-refractivity contribution in [2.24, 2.45) is 0 Å². The number of nitrogens with one attached hydrogen (secondary N) is 1. The van der Waals surface area contributed by atoms with Crippen molar-refractivity contribution in [2.45, 2.75) is 19.3 Å². The number of amides is 1. The summed E-state index contributed by atoms with van der Waals surface area (Å²) < 4.78 is 0.501. The van der Waals surface area contributed by atoms with Gasteiger partial charge in [-0.15, -0.1) is 0 Å². The zero-order chi connectivity index (χ0) is 18.6. The van der Waals surface area contributed by atoms with Crippen molar-refractivity contribution < 1.29 is 34.5 Å². The third-order valence-corrected chi connectivity index (χ3v) is 6.04. The van der Waals surface area contributed by atoms with E-state index in [0.717, 1.165) is 0 Å². The number of hydrogen-bond acceptors (Lipinski definition) is 4. The van der Waals surface area contributed by atoms with Crippen molar-refractivity contribution in [1.29, 1.82) is 0 Å². The van der Waals surface area contributed by atoms with E-state index in [0.29, 0.717) is 0 Å². The molecule has 0 aliphatic carbocycles. The number of anilines is 1. The van der Waals surface area contributed by atoms with Gasteiger partial charge in [-0.3, -0.25) is 9.59 Å². The number of aromatic carboxylic acids is 2. The van der Waals surface area contributed by atoms with Crippen LogP contribution in [0.3, 0.4) is 0 Å². The molecule has 0 saturated carbocycles. The van der Waals surface area contributed by atoms with Gasteiger partial charge in [0.15, 0.2) is 0 Å². The highest BCUT2D eigenvalue weighted by Crippen LogP contribution is 2.35. The largest absolute Gasteiger partial charge is 0.481 e. The fourth-order valence-electron chi connectivity index (χ4n) is 1.75. The van der Waals surface area contributed by atoms with Gasteiger partial charge in [0.05, 0.1) is 24.0 Å². The molecule has 24 heavy (non-hydrogen) atoms. The molecule has 0 saturated heterocycles. The molecule has 8 nitrogen and oxygen atoms in total. The minimum atomic E-state index is -1.30. The Morgan fingerprint density at radius 1 is 0.792 bits per heavy atom. The van der Waals surface area contributed by atoms with Gasteiger partial charge in [0.1, 0.15) is 0 Å². The average molecular weight is 673 g/mol. The van der Waals surface area contributed by atoms with Crippen LogP contribution in [0.2, 0.25) is 0 Å². The monoisotopic (exact) mass is 673 g/mol. The van der Waals surface area contributed by atoms with Crippen LogP contribution >= 0.6 is 67.8 Å². The van der Waals surface area contributed by atoms with Crippen LogP contribution < -0.4 is 5.32 Å². The van der Waals surface area contributed by atoms with Crippen molar-refractivity contribution in [3.8, 4) is 0 Å². The van der Waals surface area contributed by atoms with Crippen LogP contribution in [0.25, 0.3) is 0 Å². The number of rotatable bonds is 7. The number of carbonyl (C=O) groups is 4. The van der Waals surface area contributed by atoms with Crippen molar-refractivity contribution >= 4 is 97.3 Å². The summed E-state index contributed by atoms with van der Waals surface area (Å²) in [7, 11) is 0. The van der Waals surface area contributed by atoms with Crippen LogP contribution in [0.15, 0.2) is 0 Å². The quantitative estimate of drug-likeness (QED) is 0.327. The zero-order valence-corrected chi connectivity index (χ0v) is 18.2. The number of carboxylic acid groups (broad SMARTS) is 3. The second-order valence-electron chi connectivity index (χ2n) is 4.47. The van der Waals surface area contributed by atoms with E-state index in [9.17, 15) is 29.4 Å². The summed E-state index contributed by atoms with van der Waals surface area (Å²) in [5.74, 6) is -4.14. The predicted octanol–water partition coefficient (Wildman–Crippen LogP) is 3.09. The first-order valence-electron chi connectivity index (χ1n) is 6.26. The second kappa shape index (κ2) is 9.12. The first-order valence-corrected chi connectivity index (χ1v) is 9.50. The van der Waals surface area contributed by atoms with Gasteiger partial charge in [-0.05, 0) is 74.2 Å². The average Bonchev–Trinajstić information content (AvgIpc) is 2.42. The highest BCUT2D eigenvalue weighted by Gasteiger charge is 2.28. The van der Waals surface area contributed by atoms with Gasteiger partial charge < -0.3 is 20.6 Å².